The Morgan fingerprint density at radius 2 is 2.22 bits per heavy atom. The summed E-state index contributed by atoms with van der Waals surface area (Å²) in [5.74, 6) is 0.236. The molecule has 0 amide bonds. The van der Waals surface area contributed by atoms with Gasteiger partial charge in [-0.15, -0.1) is 11.8 Å². The van der Waals surface area contributed by atoms with Crippen LogP contribution in [0, 0.1) is 0 Å². The Hall–Kier alpha value is -1.17. The number of fused-ring (bicyclic) bond motifs is 1. The van der Waals surface area contributed by atoms with Crippen LogP contribution in [0.1, 0.15) is 27.9 Å². The number of aldehydes is 1. The van der Waals surface area contributed by atoms with Crippen LogP contribution < -0.4 is 4.74 Å². The van der Waals surface area contributed by atoms with Crippen molar-refractivity contribution in [2.45, 2.75) is 17.8 Å². The van der Waals surface area contributed by atoms with Gasteiger partial charge in [-0.05, 0) is 30.4 Å². The predicted octanol–water partition coefficient (Wildman–Crippen LogP) is 5.16. The highest BCUT2D eigenvalue weighted by Gasteiger charge is 2.41. The van der Waals surface area contributed by atoms with E-state index in [1.807, 2.05) is 18.4 Å². The molecule has 0 spiro atoms. The summed E-state index contributed by atoms with van der Waals surface area (Å²) in [6, 6.07) is 8.88. The summed E-state index contributed by atoms with van der Waals surface area (Å²) >= 11 is 11.4. The van der Waals surface area contributed by atoms with Crippen molar-refractivity contribution in [3.8, 4) is 11.5 Å². The van der Waals surface area contributed by atoms with E-state index in [1.54, 1.807) is 11.8 Å². The van der Waals surface area contributed by atoms with E-state index in [2.05, 4.69) is 22.0 Å². The van der Waals surface area contributed by atoms with Crippen molar-refractivity contribution in [3.05, 3.63) is 56.5 Å². The minimum atomic E-state index is -0.558. The Morgan fingerprint density at radius 3 is 2.91 bits per heavy atom. The van der Waals surface area contributed by atoms with Gasteiger partial charge in [0.2, 0.25) is 0 Å². The SMILES string of the molecule is CSC1(Oc2cc(O)c(C=O)cc2Cl)CCc2c(Br)cccc21. The lowest BCUT2D eigenvalue weighted by Crippen LogP contribution is -2.26. The van der Waals surface area contributed by atoms with Crippen LogP contribution in [0.3, 0.4) is 0 Å². The van der Waals surface area contributed by atoms with Gasteiger partial charge >= 0.3 is 0 Å². The van der Waals surface area contributed by atoms with Crippen molar-refractivity contribution < 1.29 is 14.6 Å². The molecule has 2 aromatic rings. The highest BCUT2D eigenvalue weighted by molar-refractivity contribution is 9.10. The fourth-order valence-corrected chi connectivity index (χ4v) is 4.53. The van der Waals surface area contributed by atoms with Gasteiger partial charge in [-0.25, -0.2) is 0 Å². The molecule has 1 aliphatic rings. The van der Waals surface area contributed by atoms with Crippen molar-refractivity contribution in [3.63, 3.8) is 0 Å². The van der Waals surface area contributed by atoms with Crippen LogP contribution in [-0.2, 0) is 11.4 Å². The number of halogens is 2. The maximum Gasteiger partial charge on any atom is 0.180 e. The first-order chi connectivity index (χ1) is 11.0. The molecular weight excluding hydrogens is 400 g/mol. The smallest absolute Gasteiger partial charge is 0.180 e. The van der Waals surface area contributed by atoms with E-state index in [1.165, 1.54) is 17.7 Å². The lowest BCUT2D eigenvalue weighted by atomic mass is 10.1. The van der Waals surface area contributed by atoms with Crippen molar-refractivity contribution in [1.82, 2.24) is 0 Å². The summed E-state index contributed by atoms with van der Waals surface area (Å²) in [6.07, 6.45) is 4.26. The van der Waals surface area contributed by atoms with E-state index in [-0.39, 0.29) is 11.3 Å². The molecule has 1 unspecified atom stereocenters. The fourth-order valence-electron chi connectivity index (χ4n) is 2.86. The molecule has 1 N–H and O–H groups in total. The molecule has 120 valence electrons. The van der Waals surface area contributed by atoms with E-state index in [9.17, 15) is 9.90 Å². The maximum absolute atomic E-state index is 10.9. The monoisotopic (exact) mass is 412 g/mol. The molecule has 3 rings (SSSR count). The summed E-state index contributed by atoms with van der Waals surface area (Å²) in [5, 5.41) is 10.2. The zero-order chi connectivity index (χ0) is 16.6. The second-order valence-corrected chi connectivity index (χ2v) is 7.61. The molecule has 1 atom stereocenters. The summed E-state index contributed by atoms with van der Waals surface area (Å²) in [6.45, 7) is 0. The maximum atomic E-state index is 10.9. The van der Waals surface area contributed by atoms with Crippen molar-refractivity contribution in [2.24, 2.45) is 0 Å². The molecule has 0 heterocycles. The highest BCUT2D eigenvalue weighted by atomic mass is 79.9. The Labute approximate surface area is 152 Å². The van der Waals surface area contributed by atoms with Gasteiger partial charge < -0.3 is 9.84 Å². The fraction of sp³-hybridized carbons (Fsp3) is 0.235. The van der Waals surface area contributed by atoms with Gasteiger partial charge in [0.1, 0.15) is 11.5 Å². The molecule has 23 heavy (non-hydrogen) atoms. The van der Waals surface area contributed by atoms with Crippen LogP contribution in [0.25, 0.3) is 0 Å². The number of aromatic hydroxyl groups is 1. The second kappa shape index (κ2) is 6.38. The first-order valence-electron chi connectivity index (χ1n) is 7.00. The number of benzene rings is 2. The predicted molar refractivity (Wildman–Crippen MR) is 96.8 cm³/mol. The Morgan fingerprint density at radius 1 is 1.43 bits per heavy atom. The van der Waals surface area contributed by atoms with Gasteiger partial charge in [0.25, 0.3) is 0 Å². The third-order valence-corrected chi connectivity index (χ3v) is 6.25. The standard InChI is InChI=1S/C17H14BrClO3S/c1-23-17(6-5-11-12(17)3-2-4-13(11)18)22-16-8-15(21)10(9-20)7-14(16)19/h2-4,7-9,21H,5-6H2,1H3. The molecular formula is C17H14BrClO3S. The number of carbonyl (C=O) groups is 1. The lowest BCUT2D eigenvalue weighted by Gasteiger charge is -2.30. The van der Waals surface area contributed by atoms with Gasteiger partial charge in [0.05, 0.1) is 10.6 Å². The van der Waals surface area contributed by atoms with E-state index >= 15 is 0 Å². The minimum Gasteiger partial charge on any atom is -0.507 e. The zero-order valence-corrected chi connectivity index (χ0v) is 15.5. The third-order valence-electron chi connectivity index (χ3n) is 4.05. The summed E-state index contributed by atoms with van der Waals surface area (Å²) in [5.41, 5.74) is 2.48. The van der Waals surface area contributed by atoms with Crippen molar-refractivity contribution >= 4 is 45.6 Å². The quantitative estimate of drug-likeness (QED) is 0.555. The molecule has 0 aromatic heterocycles. The summed E-state index contributed by atoms with van der Waals surface area (Å²) < 4.78 is 7.31. The molecule has 0 saturated heterocycles. The lowest BCUT2D eigenvalue weighted by molar-refractivity contribution is 0.112. The molecule has 0 fully saturated rings. The number of rotatable bonds is 4. The number of hydrogen-bond donors (Lipinski definition) is 1. The van der Waals surface area contributed by atoms with E-state index in [0.717, 1.165) is 22.9 Å². The number of thioether (sulfide) groups is 1. The van der Waals surface area contributed by atoms with Gasteiger partial charge in [-0.3, -0.25) is 4.79 Å². The Bertz CT molecular complexity index is 781. The van der Waals surface area contributed by atoms with E-state index in [4.69, 9.17) is 16.3 Å². The highest BCUT2D eigenvalue weighted by Crippen LogP contribution is 2.50. The first kappa shape index (κ1) is 16.7. The number of carbonyl (C=O) groups excluding carboxylic acids is 1. The van der Waals surface area contributed by atoms with Gasteiger partial charge in [0.15, 0.2) is 11.2 Å². The van der Waals surface area contributed by atoms with Crippen LogP contribution in [-0.4, -0.2) is 17.6 Å². The molecule has 0 saturated carbocycles. The summed E-state index contributed by atoms with van der Waals surface area (Å²) in [7, 11) is 0. The minimum absolute atomic E-state index is 0.136. The van der Waals surface area contributed by atoms with Crippen LogP contribution in [0.15, 0.2) is 34.8 Å². The van der Waals surface area contributed by atoms with Crippen molar-refractivity contribution in [2.75, 3.05) is 6.26 Å². The van der Waals surface area contributed by atoms with Gasteiger partial charge in [-0.1, -0.05) is 39.7 Å². The van der Waals surface area contributed by atoms with Gasteiger partial charge in [-0.2, -0.15) is 0 Å². The average molecular weight is 414 g/mol. The second-order valence-electron chi connectivity index (χ2n) is 5.28. The van der Waals surface area contributed by atoms with Crippen LogP contribution >= 0.6 is 39.3 Å². The summed E-state index contributed by atoms with van der Waals surface area (Å²) in [4.78, 5) is 10.3. The molecule has 3 nitrogen and oxygen atoms in total. The molecule has 2 aromatic carbocycles. The average Bonchev–Trinajstić information content (AvgIpc) is 2.91. The number of ether oxygens (including phenoxy) is 1. The number of hydrogen-bond acceptors (Lipinski definition) is 4. The zero-order valence-electron chi connectivity index (χ0n) is 12.3. The van der Waals surface area contributed by atoms with E-state index < -0.39 is 4.93 Å². The van der Waals surface area contributed by atoms with Crippen LogP contribution in [0.2, 0.25) is 5.02 Å². The Kier molecular flexibility index (Phi) is 4.63. The van der Waals surface area contributed by atoms with Crippen LogP contribution in [0.5, 0.6) is 11.5 Å². The topological polar surface area (TPSA) is 46.5 Å². The third kappa shape index (κ3) is 2.86. The molecule has 6 heteroatoms. The molecule has 0 radical (unpaired) electrons. The normalized spacial score (nSPS) is 19.4. The first-order valence-corrected chi connectivity index (χ1v) is 9.40. The van der Waals surface area contributed by atoms with Gasteiger partial charge in [0, 0.05) is 22.5 Å². The van der Waals surface area contributed by atoms with E-state index in [0.29, 0.717) is 17.1 Å². The molecule has 0 aliphatic heterocycles. The largest absolute Gasteiger partial charge is 0.507 e. The molecule has 0 bridgehead atoms. The molecule has 1 aliphatic carbocycles. The van der Waals surface area contributed by atoms with Crippen molar-refractivity contribution in [1.29, 1.82) is 0 Å². The number of phenolic OH excluding ortho intramolecular Hbond substituents is 1. The Balaban J connectivity index is 2.04. The number of phenols is 1. The van der Waals surface area contributed by atoms with Crippen LogP contribution in [0.4, 0.5) is 0 Å².